The minimum atomic E-state index is -0.127. The highest BCUT2D eigenvalue weighted by Crippen LogP contribution is 2.72. The summed E-state index contributed by atoms with van der Waals surface area (Å²) < 4.78 is 0. The van der Waals surface area contributed by atoms with E-state index in [-0.39, 0.29) is 5.53 Å². The second kappa shape index (κ2) is 4.97. The summed E-state index contributed by atoms with van der Waals surface area (Å²) in [7, 11) is 0. The van der Waals surface area contributed by atoms with Crippen molar-refractivity contribution in [3.63, 3.8) is 0 Å². The lowest BCUT2D eigenvalue weighted by atomic mass is 10.1. The largest absolute Gasteiger partial charge is 0.130 e. The molecule has 1 aliphatic rings. The van der Waals surface area contributed by atoms with Crippen molar-refractivity contribution in [3.8, 4) is 0 Å². The van der Waals surface area contributed by atoms with Crippen LogP contribution in [-0.4, -0.2) is 5.75 Å². The SMILES string of the molecule is SP1SCCC(c2ccccc2)S1. The zero-order valence-corrected chi connectivity index (χ0v) is 10.5. The van der Waals surface area contributed by atoms with E-state index in [1.54, 1.807) is 0 Å². The Hall–Kier alpha value is 0.700. The van der Waals surface area contributed by atoms with Gasteiger partial charge in [0.2, 0.25) is 0 Å². The average molecular weight is 246 g/mol. The first-order valence-corrected chi connectivity index (χ1v) is 9.77. The van der Waals surface area contributed by atoms with Crippen LogP contribution in [0.3, 0.4) is 0 Å². The van der Waals surface area contributed by atoms with E-state index in [0.717, 1.165) is 0 Å². The Labute approximate surface area is 93.7 Å². The van der Waals surface area contributed by atoms with Crippen molar-refractivity contribution in [2.45, 2.75) is 11.7 Å². The third-order valence-corrected chi connectivity index (χ3v) is 9.68. The molecule has 1 aromatic rings. The lowest BCUT2D eigenvalue weighted by Gasteiger charge is -2.25. The summed E-state index contributed by atoms with van der Waals surface area (Å²) in [4.78, 5) is 0. The number of hydrogen-bond acceptors (Lipinski definition) is 3. The molecule has 0 bridgehead atoms. The molecule has 0 aliphatic carbocycles. The van der Waals surface area contributed by atoms with Crippen LogP contribution in [0, 0.1) is 0 Å². The van der Waals surface area contributed by atoms with Gasteiger partial charge in [-0.05, 0) is 12.0 Å². The van der Waals surface area contributed by atoms with Gasteiger partial charge in [-0.2, -0.15) is 0 Å². The minimum Gasteiger partial charge on any atom is -0.130 e. The van der Waals surface area contributed by atoms with Gasteiger partial charge in [-0.25, -0.2) is 0 Å². The summed E-state index contributed by atoms with van der Waals surface area (Å²) in [6.07, 6.45) is 1.29. The molecule has 0 radical (unpaired) electrons. The van der Waals surface area contributed by atoms with E-state index < -0.39 is 0 Å². The molecule has 0 N–H and O–H groups in total. The Morgan fingerprint density at radius 1 is 1.31 bits per heavy atom. The van der Waals surface area contributed by atoms with Crippen LogP contribution in [0.4, 0.5) is 0 Å². The fourth-order valence-electron chi connectivity index (χ4n) is 1.33. The summed E-state index contributed by atoms with van der Waals surface area (Å²) in [5, 5.41) is 0.686. The highest BCUT2D eigenvalue weighted by molar-refractivity contribution is 9.09. The Balaban J connectivity index is 2.08. The van der Waals surface area contributed by atoms with E-state index in [1.165, 1.54) is 17.7 Å². The average Bonchev–Trinajstić information content (AvgIpc) is 2.19. The summed E-state index contributed by atoms with van der Waals surface area (Å²) >= 11 is 8.60. The summed E-state index contributed by atoms with van der Waals surface area (Å²) in [6, 6.07) is 10.8. The van der Waals surface area contributed by atoms with Gasteiger partial charge >= 0.3 is 0 Å². The molecule has 1 aliphatic heterocycles. The van der Waals surface area contributed by atoms with Gasteiger partial charge in [0.25, 0.3) is 0 Å². The molecular formula is C9H11PS3. The Kier molecular flexibility index (Phi) is 3.91. The molecule has 0 nitrogen and oxygen atoms in total. The molecule has 0 saturated carbocycles. The summed E-state index contributed by atoms with van der Waals surface area (Å²) in [6.45, 7) is 0. The Morgan fingerprint density at radius 3 is 2.77 bits per heavy atom. The van der Waals surface area contributed by atoms with Crippen molar-refractivity contribution in [3.05, 3.63) is 35.9 Å². The van der Waals surface area contributed by atoms with Crippen LogP contribution in [-0.2, 0) is 0 Å². The second-order valence-electron chi connectivity index (χ2n) is 2.86. The molecule has 70 valence electrons. The molecule has 0 aromatic heterocycles. The molecule has 4 heteroatoms. The standard InChI is InChI=1S/C9H11PS3/c11-10-12-7-6-9(13-10)8-4-2-1-3-5-8/h1-5,9,11H,6-7H2. The normalized spacial score (nSPS) is 28.7. The van der Waals surface area contributed by atoms with Crippen LogP contribution in [0.5, 0.6) is 0 Å². The first-order chi connectivity index (χ1) is 6.36. The van der Waals surface area contributed by atoms with Crippen LogP contribution < -0.4 is 0 Å². The maximum absolute atomic E-state index is 4.56. The van der Waals surface area contributed by atoms with Crippen molar-refractivity contribution in [1.82, 2.24) is 0 Å². The predicted molar refractivity (Wildman–Crippen MR) is 69.8 cm³/mol. The fraction of sp³-hybridized carbons (Fsp3) is 0.333. The van der Waals surface area contributed by atoms with Crippen LogP contribution in [0.2, 0.25) is 0 Å². The van der Waals surface area contributed by atoms with Gasteiger partial charge in [0, 0.05) is 11.0 Å². The molecule has 2 rings (SSSR count). The van der Waals surface area contributed by atoms with Crippen molar-refractivity contribution in [2.75, 3.05) is 5.75 Å². The van der Waals surface area contributed by atoms with Gasteiger partial charge in [-0.15, -0.1) is 35.0 Å². The van der Waals surface area contributed by atoms with Gasteiger partial charge < -0.3 is 0 Å². The topological polar surface area (TPSA) is 0 Å². The van der Waals surface area contributed by atoms with Gasteiger partial charge in [0.15, 0.2) is 0 Å². The smallest absolute Gasteiger partial charge is 0.0703 e. The van der Waals surface area contributed by atoms with Crippen LogP contribution >= 0.6 is 40.5 Å². The molecule has 13 heavy (non-hydrogen) atoms. The number of rotatable bonds is 1. The van der Waals surface area contributed by atoms with Crippen LogP contribution in [0.1, 0.15) is 17.2 Å². The molecule has 1 heterocycles. The molecule has 0 spiro atoms. The monoisotopic (exact) mass is 246 g/mol. The molecule has 2 unspecified atom stereocenters. The zero-order chi connectivity index (χ0) is 9.10. The Bertz CT molecular complexity index is 265. The molecule has 2 atom stereocenters. The third-order valence-electron chi connectivity index (χ3n) is 1.97. The van der Waals surface area contributed by atoms with Gasteiger partial charge in [0.05, 0.1) is 5.53 Å². The lowest BCUT2D eigenvalue weighted by Crippen LogP contribution is -1.97. The summed E-state index contributed by atoms with van der Waals surface area (Å²) in [5.41, 5.74) is 1.34. The van der Waals surface area contributed by atoms with Crippen LogP contribution in [0.15, 0.2) is 30.3 Å². The van der Waals surface area contributed by atoms with E-state index in [9.17, 15) is 0 Å². The molecule has 1 saturated heterocycles. The highest BCUT2D eigenvalue weighted by atomic mass is 33.4. The molecule has 1 aromatic carbocycles. The first-order valence-electron chi connectivity index (χ1n) is 4.20. The van der Waals surface area contributed by atoms with Gasteiger partial charge in [-0.3, -0.25) is 0 Å². The van der Waals surface area contributed by atoms with Crippen molar-refractivity contribution in [1.29, 1.82) is 0 Å². The summed E-state index contributed by atoms with van der Waals surface area (Å²) in [5.74, 6) is 1.27. The number of hydrogen-bond donors (Lipinski definition) is 1. The Morgan fingerprint density at radius 2 is 2.08 bits per heavy atom. The number of thiol groups is 1. The number of benzene rings is 1. The lowest BCUT2D eigenvalue weighted by molar-refractivity contribution is 0.912. The van der Waals surface area contributed by atoms with Crippen molar-refractivity contribution < 1.29 is 0 Å². The molecule has 0 amide bonds. The fourth-order valence-corrected chi connectivity index (χ4v) is 8.97. The van der Waals surface area contributed by atoms with E-state index in [2.05, 4.69) is 42.6 Å². The first kappa shape index (κ1) is 10.2. The molecule has 1 fully saturated rings. The maximum atomic E-state index is 4.56. The molecular weight excluding hydrogens is 235 g/mol. The maximum Gasteiger partial charge on any atom is 0.0703 e. The van der Waals surface area contributed by atoms with Gasteiger partial charge in [-0.1, -0.05) is 30.3 Å². The van der Waals surface area contributed by atoms with E-state index in [1.807, 2.05) is 22.8 Å². The zero-order valence-electron chi connectivity index (χ0n) is 7.09. The van der Waals surface area contributed by atoms with Crippen molar-refractivity contribution in [2.24, 2.45) is 0 Å². The van der Waals surface area contributed by atoms with E-state index in [4.69, 9.17) is 0 Å². The van der Waals surface area contributed by atoms with E-state index in [0.29, 0.717) is 5.25 Å². The minimum absolute atomic E-state index is 0.127. The quantitative estimate of drug-likeness (QED) is 0.560. The second-order valence-corrected chi connectivity index (χ2v) is 11.9. The third kappa shape index (κ3) is 2.82. The van der Waals surface area contributed by atoms with Crippen LogP contribution in [0.25, 0.3) is 0 Å². The van der Waals surface area contributed by atoms with E-state index >= 15 is 0 Å². The van der Waals surface area contributed by atoms with Crippen molar-refractivity contribution >= 4 is 40.5 Å². The predicted octanol–water partition coefficient (Wildman–Crippen LogP) is 4.75. The van der Waals surface area contributed by atoms with Gasteiger partial charge in [0.1, 0.15) is 0 Å². The highest BCUT2D eigenvalue weighted by Gasteiger charge is 2.21.